The third-order valence-corrected chi connectivity index (χ3v) is 4.34. The summed E-state index contributed by atoms with van der Waals surface area (Å²) >= 11 is 0. The molecule has 1 unspecified atom stereocenters. The van der Waals surface area contributed by atoms with E-state index in [-0.39, 0.29) is 25.3 Å². The molecule has 1 atom stereocenters. The molecule has 0 saturated carbocycles. The van der Waals surface area contributed by atoms with Gasteiger partial charge >= 0.3 is 12.0 Å². The highest BCUT2D eigenvalue weighted by atomic mass is 19.2. The number of esters is 1. The van der Waals surface area contributed by atoms with Crippen LogP contribution in [0.5, 0.6) is 0 Å². The molecule has 2 heterocycles. The number of carbonyl (C=O) groups is 2. The van der Waals surface area contributed by atoms with E-state index in [0.29, 0.717) is 17.0 Å². The first-order chi connectivity index (χ1) is 13.9. The zero-order valence-corrected chi connectivity index (χ0v) is 16.0. The Labute approximate surface area is 166 Å². The molecule has 1 aliphatic rings. The highest BCUT2D eigenvalue weighted by molar-refractivity contribution is 5.95. The van der Waals surface area contributed by atoms with Gasteiger partial charge in [0.25, 0.3) is 0 Å². The second-order valence-corrected chi connectivity index (χ2v) is 6.58. The minimum atomic E-state index is -0.935. The van der Waals surface area contributed by atoms with Crippen molar-refractivity contribution < 1.29 is 27.5 Å². The maximum atomic E-state index is 13.5. The quantitative estimate of drug-likeness (QED) is 0.692. The Bertz CT molecular complexity index is 928. The van der Waals surface area contributed by atoms with Crippen LogP contribution in [0.1, 0.15) is 24.3 Å². The van der Waals surface area contributed by atoms with E-state index < -0.39 is 29.7 Å². The van der Waals surface area contributed by atoms with Gasteiger partial charge in [-0.05, 0) is 43.8 Å². The Morgan fingerprint density at radius 1 is 1.24 bits per heavy atom. The highest BCUT2D eigenvalue weighted by Crippen LogP contribution is 2.28. The molecule has 1 aromatic carbocycles. The minimum absolute atomic E-state index is 0.164. The largest absolute Gasteiger partial charge is 0.467 e. The molecule has 3 rings (SSSR count). The van der Waals surface area contributed by atoms with Crippen LogP contribution in [-0.2, 0) is 16.1 Å². The van der Waals surface area contributed by atoms with E-state index in [1.807, 2.05) is 0 Å². The zero-order chi connectivity index (χ0) is 21.0. The lowest BCUT2D eigenvalue weighted by Crippen LogP contribution is -2.48. The molecule has 2 N–H and O–H groups in total. The second kappa shape index (κ2) is 8.87. The van der Waals surface area contributed by atoms with Crippen LogP contribution in [0, 0.1) is 11.6 Å². The van der Waals surface area contributed by atoms with Gasteiger partial charge in [0.05, 0.1) is 18.4 Å². The van der Waals surface area contributed by atoms with Gasteiger partial charge in [-0.2, -0.15) is 0 Å². The summed E-state index contributed by atoms with van der Waals surface area (Å²) in [5, 5.41) is 5.31. The first-order valence-corrected chi connectivity index (χ1v) is 9.02. The van der Waals surface area contributed by atoms with Crippen molar-refractivity contribution in [1.29, 1.82) is 0 Å². The lowest BCUT2D eigenvalue weighted by atomic mass is 10.00. The molecule has 7 nitrogen and oxygen atoms in total. The molecular formula is C20H21F2N3O4. The summed E-state index contributed by atoms with van der Waals surface area (Å²) in [5.41, 5.74) is 1.12. The van der Waals surface area contributed by atoms with E-state index in [1.165, 1.54) is 12.3 Å². The SMILES string of the molecule is CCOC(=O)C1=C(CN(C)Cc2ccc(F)c(F)c2)NC(=O)NC1c1ccco1. The van der Waals surface area contributed by atoms with Gasteiger partial charge in [-0.3, -0.25) is 4.90 Å². The second-order valence-electron chi connectivity index (χ2n) is 6.58. The third-order valence-electron chi connectivity index (χ3n) is 4.34. The number of hydrogen-bond acceptors (Lipinski definition) is 5. The number of carbonyl (C=O) groups excluding carboxylic acids is 2. The van der Waals surface area contributed by atoms with E-state index in [2.05, 4.69) is 10.6 Å². The van der Waals surface area contributed by atoms with Crippen LogP contribution in [-0.4, -0.2) is 37.1 Å². The van der Waals surface area contributed by atoms with Crippen LogP contribution < -0.4 is 10.6 Å². The predicted octanol–water partition coefficient (Wildman–Crippen LogP) is 2.86. The first kappa shape index (κ1) is 20.5. The van der Waals surface area contributed by atoms with Gasteiger partial charge in [-0.15, -0.1) is 0 Å². The first-order valence-electron chi connectivity index (χ1n) is 9.02. The number of halogens is 2. The van der Waals surface area contributed by atoms with Gasteiger partial charge in [0.1, 0.15) is 11.8 Å². The third kappa shape index (κ3) is 4.80. The summed E-state index contributed by atoms with van der Waals surface area (Å²) in [6.07, 6.45) is 1.45. The van der Waals surface area contributed by atoms with Crippen molar-refractivity contribution in [3.8, 4) is 0 Å². The fourth-order valence-corrected chi connectivity index (χ4v) is 3.14. The molecule has 1 aromatic heterocycles. The maximum absolute atomic E-state index is 13.5. The number of likely N-dealkylation sites (N-methyl/N-ethyl adjacent to an activating group) is 1. The van der Waals surface area contributed by atoms with E-state index >= 15 is 0 Å². The van der Waals surface area contributed by atoms with E-state index in [0.717, 1.165) is 12.1 Å². The average Bonchev–Trinajstić information content (AvgIpc) is 3.19. The molecule has 0 spiro atoms. The number of rotatable bonds is 7. The summed E-state index contributed by atoms with van der Waals surface area (Å²) < 4.78 is 37.1. The molecule has 0 fully saturated rings. The predicted molar refractivity (Wildman–Crippen MR) is 99.5 cm³/mol. The van der Waals surface area contributed by atoms with Crippen molar-refractivity contribution in [2.24, 2.45) is 0 Å². The number of hydrogen-bond donors (Lipinski definition) is 2. The monoisotopic (exact) mass is 405 g/mol. The number of nitrogens with one attached hydrogen (secondary N) is 2. The number of amides is 2. The van der Waals surface area contributed by atoms with Gasteiger partial charge in [-0.1, -0.05) is 6.07 Å². The number of benzene rings is 1. The number of nitrogens with zero attached hydrogens (tertiary/aromatic N) is 1. The van der Waals surface area contributed by atoms with Crippen LogP contribution in [0.3, 0.4) is 0 Å². The van der Waals surface area contributed by atoms with Crippen molar-refractivity contribution in [3.63, 3.8) is 0 Å². The van der Waals surface area contributed by atoms with Gasteiger partial charge in [0.2, 0.25) is 0 Å². The normalized spacial score (nSPS) is 16.6. The molecule has 0 bridgehead atoms. The van der Waals surface area contributed by atoms with Crippen LogP contribution in [0.25, 0.3) is 0 Å². The van der Waals surface area contributed by atoms with E-state index in [4.69, 9.17) is 9.15 Å². The van der Waals surface area contributed by atoms with Crippen molar-refractivity contribution in [2.45, 2.75) is 19.5 Å². The molecule has 2 aromatic rings. The number of urea groups is 1. The van der Waals surface area contributed by atoms with Gasteiger partial charge in [0, 0.05) is 18.8 Å². The van der Waals surface area contributed by atoms with E-state index in [1.54, 1.807) is 31.0 Å². The van der Waals surface area contributed by atoms with Crippen molar-refractivity contribution in [1.82, 2.24) is 15.5 Å². The maximum Gasteiger partial charge on any atom is 0.338 e. The summed E-state index contributed by atoms with van der Waals surface area (Å²) in [6.45, 7) is 2.28. The minimum Gasteiger partial charge on any atom is -0.467 e. The molecular weight excluding hydrogens is 384 g/mol. The fraction of sp³-hybridized carbons (Fsp3) is 0.300. The van der Waals surface area contributed by atoms with Gasteiger partial charge < -0.3 is 19.8 Å². The topological polar surface area (TPSA) is 83.8 Å². The van der Waals surface area contributed by atoms with Gasteiger partial charge in [-0.25, -0.2) is 18.4 Å². The highest BCUT2D eigenvalue weighted by Gasteiger charge is 2.35. The Morgan fingerprint density at radius 3 is 2.69 bits per heavy atom. The number of furan rings is 1. The van der Waals surface area contributed by atoms with Crippen molar-refractivity contribution in [2.75, 3.05) is 20.2 Å². The van der Waals surface area contributed by atoms with Crippen LogP contribution in [0.2, 0.25) is 0 Å². The lowest BCUT2D eigenvalue weighted by molar-refractivity contribution is -0.139. The summed E-state index contributed by atoms with van der Waals surface area (Å²) in [7, 11) is 1.73. The van der Waals surface area contributed by atoms with Crippen LogP contribution >= 0.6 is 0 Å². The molecule has 0 saturated heterocycles. The molecule has 29 heavy (non-hydrogen) atoms. The lowest BCUT2D eigenvalue weighted by Gasteiger charge is -2.30. The van der Waals surface area contributed by atoms with Gasteiger partial charge in [0.15, 0.2) is 11.6 Å². The summed E-state index contributed by atoms with van der Waals surface area (Å²) in [5.74, 6) is -2.05. The number of ether oxygens (including phenoxy) is 1. The molecule has 154 valence electrons. The zero-order valence-electron chi connectivity index (χ0n) is 16.0. The molecule has 9 heteroatoms. The summed E-state index contributed by atoms with van der Waals surface area (Å²) in [6, 6.07) is 5.65. The van der Waals surface area contributed by atoms with Crippen molar-refractivity contribution >= 4 is 12.0 Å². The molecule has 2 amide bonds. The Hall–Kier alpha value is -3.20. The smallest absolute Gasteiger partial charge is 0.338 e. The Kier molecular flexibility index (Phi) is 6.28. The molecule has 0 radical (unpaired) electrons. The van der Waals surface area contributed by atoms with Crippen molar-refractivity contribution in [3.05, 3.63) is 70.8 Å². The van der Waals surface area contributed by atoms with Crippen LogP contribution in [0.4, 0.5) is 13.6 Å². The standard InChI is InChI=1S/C20H21F2N3O4/c1-3-28-19(26)17-15(23-20(27)24-18(17)16-5-4-8-29-16)11-25(2)10-12-6-7-13(21)14(22)9-12/h4-9,18H,3,10-11H2,1-2H3,(H2,23,24,27). The van der Waals surface area contributed by atoms with Crippen LogP contribution in [0.15, 0.2) is 52.3 Å². The van der Waals surface area contributed by atoms with E-state index in [9.17, 15) is 18.4 Å². The molecule has 1 aliphatic heterocycles. The summed E-state index contributed by atoms with van der Waals surface area (Å²) in [4.78, 5) is 26.5. The Morgan fingerprint density at radius 2 is 2.03 bits per heavy atom. The Balaban J connectivity index is 1.88. The average molecular weight is 405 g/mol. The molecule has 0 aliphatic carbocycles. The fourth-order valence-electron chi connectivity index (χ4n) is 3.14.